The molecule has 0 N–H and O–H groups in total. The van der Waals surface area contributed by atoms with Gasteiger partial charge in [0.25, 0.3) is 0 Å². The van der Waals surface area contributed by atoms with E-state index in [-0.39, 0.29) is 21.3 Å². The molecule has 17 heavy (non-hydrogen) atoms. The summed E-state index contributed by atoms with van der Waals surface area (Å²) < 4.78 is 46.1. The van der Waals surface area contributed by atoms with E-state index in [2.05, 4.69) is 0 Å². The lowest BCUT2D eigenvalue weighted by Crippen LogP contribution is -2.09. The van der Waals surface area contributed by atoms with Crippen LogP contribution in [0.25, 0.3) is 0 Å². The Morgan fingerprint density at radius 3 is 1.35 bits per heavy atom. The van der Waals surface area contributed by atoms with Gasteiger partial charge < -0.3 is 0 Å². The molecule has 0 aromatic rings. The van der Waals surface area contributed by atoms with Gasteiger partial charge in [0, 0.05) is 0 Å². The lowest BCUT2D eigenvalue weighted by atomic mass is 10.3. The van der Waals surface area contributed by atoms with Crippen molar-refractivity contribution >= 4 is 27.6 Å². The van der Waals surface area contributed by atoms with Crippen molar-refractivity contribution in [3.8, 4) is 0 Å². The number of hydrogen-bond donors (Lipinski definition) is 0. The summed E-state index contributed by atoms with van der Waals surface area (Å²) in [5, 5.41) is 0. The van der Waals surface area contributed by atoms with Gasteiger partial charge in [-0.2, -0.15) is 0 Å². The van der Waals surface area contributed by atoms with Crippen LogP contribution in [-0.2, 0) is 17.7 Å². The quantitative estimate of drug-likeness (QED) is 0.458. The Bertz CT molecular complexity index is 346. The van der Waals surface area contributed by atoms with Crippen LogP contribution in [0.5, 0.6) is 0 Å². The van der Waals surface area contributed by atoms with Crippen molar-refractivity contribution in [3.05, 3.63) is 0 Å². The first-order valence-electron chi connectivity index (χ1n) is 5.99. The van der Waals surface area contributed by atoms with Gasteiger partial charge in [0.1, 0.15) is 0 Å². The molecular formula is C10H22O4S3. The standard InChI is InChI=1S/C10H22O4S3/c1-3-5-7-9-16(11,12)15-17(13,14)10-8-6-4-2/h3-10H2,1-2H3. The molecule has 0 atom stereocenters. The van der Waals surface area contributed by atoms with E-state index in [1.165, 1.54) is 0 Å². The molecule has 0 saturated heterocycles. The van der Waals surface area contributed by atoms with Crippen molar-refractivity contribution in [2.75, 3.05) is 11.5 Å². The second-order valence-corrected chi connectivity index (χ2v) is 11.9. The summed E-state index contributed by atoms with van der Waals surface area (Å²) in [5.41, 5.74) is 0. The van der Waals surface area contributed by atoms with Crippen molar-refractivity contribution in [3.63, 3.8) is 0 Å². The molecule has 0 rings (SSSR count). The van der Waals surface area contributed by atoms with Crippen molar-refractivity contribution in [1.29, 1.82) is 0 Å². The number of unbranched alkanes of at least 4 members (excludes halogenated alkanes) is 4. The van der Waals surface area contributed by atoms with E-state index in [0.717, 1.165) is 25.7 Å². The predicted molar refractivity (Wildman–Crippen MR) is 74.2 cm³/mol. The third kappa shape index (κ3) is 9.91. The lowest BCUT2D eigenvalue weighted by molar-refractivity contribution is 0.603. The minimum Gasteiger partial charge on any atom is -0.216 e. The monoisotopic (exact) mass is 302 g/mol. The van der Waals surface area contributed by atoms with Crippen molar-refractivity contribution in [2.24, 2.45) is 0 Å². The molecule has 0 fully saturated rings. The minimum absolute atomic E-state index is 0.0431. The molecule has 0 aliphatic carbocycles. The third-order valence-corrected chi connectivity index (χ3v) is 10.2. The van der Waals surface area contributed by atoms with Crippen LogP contribution in [0.1, 0.15) is 52.4 Å². The molecule has 0 radical (unpaired) electrons. The van der Waals surface area contributed by atoms with Gasteiger partial charge in [-0.3, -0.25) is 0 Å². The summed E-state index contributed by atoms with van der Waals surface area (Å²) in [6.45, 7) is 3.95. The van der Waals surface area contributed by atoms with Gasteiger partial charge in [0.15, 0.2) is 0 Å². The largest absolute Gasteiger partial charge is 0.216 e. The highest BCUT2D eigenvalue weighted by Crippen LogP contribution is 2.24. The first kappa shape index (κ1) is 17.2. The van der Waals surface area contributed by atoms with Crippen LogP contribution < -0.4 is 0 Å². The Hall–Kier alpha value is 0.250. The maximum Gasteiger partial charge on any atom is 0.216 e. The topological polar surface area (TPSA) is 68.3 Å². The fourth-order valence-electron chi connectivity index (χ4n) is 1.28. The molecule has 104 valence electrons. The summed E-state index contributed by atoms with van der Waals surface area (Å²) in [7, 11) is -6.89. The van der Waals surface area contributed by atoms with E-state index in [1.54, 1.807) is 0 Å². The van der Waals surface area contributed by atoms with Crippen LogP contribution in [0.2, 0.25) is 0 Å². The molecule has 0 aromatic heterocycles. The van der Waals surface area contributed by atoms with Crippen molar-refractivity contribution in [1.82, 2.24) is 0 Å². The normalized spacial score (nSPS) is 12.8. The zero-order valence-electron chi connectivity index (χ0n) is 10.5. The molecule has 0 aliphatic rings. The molecule has 0 unspecified atom stereocenters. The summed E-state index contributed by atoms with van der Waals surface area (Å²) in [5.74, 6) is -0.0863. The molecule has 0 amide bonds. The Kier molecular flexibility index (Phi) is 8.49. The fraction of sp³-hybridized carbons (Fsp3) is 1.00. The Morgan fingerprint density at radius 1 is 0.706 bits per heavy atom. The van der Waals surface area contributed by atoms with E-state index in [4.69, 9.17) is 0 Å². The molecule has 0 saturated carbocycles. The van der Waals surface area contributed by atoms with Gasteiger partial charge in [-0.1, -0.05) is 39.5 Å². The summed E-state index contributed by atoms with van der Waals surface area (Å²) in [4.78, 5) is 0. The first-order valence-corrected chi connectivity index (χ1v) is 11.1. The summed E-state index contributed by atoms with van der Waals surface area (Å²) in [6, 6.07) is 0. The van der Waals surface area contributed by atoms with Gasteiger partial charge >= 0.3 is 0 Å². The second kappa shape index (κ2) is 8.37. The second-order valence-electron chi connectivity index (χ2n) is 4.01. The summed E-state index contributed by atoms with van der Waals surface area (Å²) >= 11 is 0. The van der Waals surface area contributed by atoms with E-state index in [0.29, 0.717) is 12.8 Å². The van der Waals surface area contributed by atoms with Gasteiger partial charge in [0.2, 0.25) is 17.7 Å². The van der Waals surface area contributed by atoms with Crippen LogP contribution >= 0.6 is 9.83 Å². The SMILES string of the molecule is CCCCCS(=O)(=O)SS(=O)(=O)CCCCC. The molecular weight excluding hydrogens is 280 g/mol. The highest BCUT2D eigenvalue weighted by atomic mass is 33.5. The van der Waals surface area contributed by atoms with Crippen LogP contribution in [0.3, 0.4) is 0 Å². The Balaban J connectivity index is 4.19. The Morgan fingerprint density at radius 2 is 1.06 bits per heavy atom. The van der Waals surface area contributed by atoms with Crippen molar-refractivity contribution in [2.45, 2.75) is 52.4 Å². The van der Waals surface area contributed by atoms with E-state index in [1.807, 2.05) is 13.8 Å². The fourth-order valence-corrected chi connectivity index (χ4v) is 8.98. The molecule has 0 heterocycles. The maximum atomic E-state index is 11.5. The van der Waals surface area contributed by atoms with E-state index < -0.39 is 17.7 Å². The number of rotatable bonds is 10. The minimum atomic E-state index is -3.52. The third-order valence-electron chi connectivity index (χ3n) is 2.20. The average molecular weight is 302 g/mol. The zero-order valence-corrected chi connectivity index (χ0v) is 13.0. The van der Waals surface area contributed by atoms with Crippen LogP contribution in [0, 0.1) is 0 Å². The average Bonchev–Trinajstić information content (AvgIpc) is 2.16. The first-order chi connectivity index (χ1) is 7.83. The lowest BCUT2D eigenvalue weighted by Gasteiger charge is -2.04. The van der Waals surface area contributed by atoms with Gasteiger partial charge in [-0.05, 0) is 12.8 Å². The van der Waals surface area contributed by atoms with Crippen LogP contribution in [0.15, 0.2) is 0 Å². The number of hydrogen-bond acceptors (Lipinski definition) is 5. The molecule has 0 aliphatic heterocycles. The van der Waals surface area contributed by atoms with Gasteiger partial charge in [0.05, 0.1) is 21.3 Å². The van der Waals surface area contributed by atoms with Crippen LogP contribution in [0.4, 0.5) is 0 Å². The summed E-state index contributed by atoms with van der Waals surface area (Å²) in [6.07, 6.45) is 4.55. The van der Waals surface area contributed by atoms with Crippen molar-refractivity contribution < 1.29 is 16.8 Å². The van der Waals surface area contributed by atoms with E-state index >= 15 is 0 Å². The van der Waals surface area contributed by atoms with Crippen LogP contribution in [-0.4, -0.2) is 28.3 Å². The molecule has 7 heteroatoms. The molecule has 0 bridgehead atoms. The predicted octanol–water partition coefficient (Wildman–Crippen LogP) is 2.76. The highest BCUT2D eigenvalue weighted by Gasteiger charge is 2.22. The van der Waals surface area contributed by atoms with Gasteiger partial charge in [-0.25, -0.2) is 16.8 Å². The Labute approximate surface area is 108 Å². The molecule has 4 nitrogen and oxygen atoms in total. The maximum absolute atomic E-state index is 11.5. The molecule has 0 aromatic carbocycles. The van der Waals surface area contributed by atoms with E-state index in [9.17, 15) is 16.8 Å². The van der Waals surface area contributed by atoms with Gasteiger partial charge in [-0.15, -0.1) is 0 Å². The smallest absolute Gasteiger partial charge is 0.216 e. The zero-order chi connectivity index (χ0) is 13.4. The highest BCUT2D eigenvalue weighted by molar-refractivity contribution is 9.04. The molecule has 0 spiro atoms.